The molecular formula is C11H15N3O2. The Kier molecular flexibility index (Phi) is 3.46. The van der Waals surface area contributed by atoms with Gasteiger partial charge in [-0.2, -0.15) is 0 Å². The number of ether oxygens (including phenoxy) is 1. The number of rotatable bonds is 3. The lowest BCUT2D eigenvalue weighted by Crippen LogP contribution is -2.27. The van der Waals surface area contributed by atoms with E-state index in [9.17, 15) is 4.79 Å². The Morgan fingerprint density at radius 1 is 1.56 bits per heavy atom. The summed E-state index contributed by atoms with van der Waals surface area (Å²) in [5.74, 6) is -0.228. The fourth-order valence-electron chi connectivity index (χ4n) is 1.83. The summed E-state index contributed by atoms with van der Waals surface area (Å²) in [7, 11) is 0. The van der Waals surface area contributed by atoms with Gasteiger partial charge in [0.15, 0.2) is 0 Å². The van der Waals surface area contributed by atoms with E-state index in [0.717, 1.165) is 36.5 Å². The summed E-state index contributed by atoms with van der Waals surface area (Å²) < 4.78 is 4.92. The van der Waals surface area contributed by atoms with E-state index in [1.54, 1.807) is 6.92 Å². The van der Waals surface area contributed by atoms with Crippen LogP contribution in [0.4, 0.5) is 0 Å². The maximum Gasteiger partial charge on any atom is 0.311 e. The van der Waals surface area contributed by atoms with Crippen molar-refractivity contribution < 1.29 is 9.53 Å². The second kappa shape index (κ2) is 5.03. The van der Waals surface area contributed by atoms with Crippen LogP contribution in [0.2, 0.25) is 0 Å². The molecule has 1 aliphatic heterocycles. The Morgan fingerprint density at radius 2 is 2.44 bits per heavy atom. The molecule has 0 aliphatic carbocycles. The first-order valence-electron chi connectivity index (χ1n) is 5.49. The van der Waals surface area contributed by atoms with E-state index >= 15 is 0 Å². The summed E-state index contributed by atoms with van der Waals surface area (Å²) in [6.07, 6.45) is 2.66. The first-order valence-corrected chi connectivity index (χ1v) is 5.49. The first-order chi connectivity index (χ1) is 7.81. The average molecular weight is 221 g/mol. The lowest BCUT2D eigenvalue weighted by atomic mass is 10.0. The van der Waals surface area contributed by atoms with Crippen LogP contribution in [0.15, 0.2) is 6.33 Å². The highest BCUT2D eigenvalue weighted by Crippen LogP contribution is 2.14. The van der Waals surface area contributed by atoms with Gasteiger partial charge in [0.1, 0.15) is 6.33 Å². The Hall–Kier alpha value is -1.49. The third-order valence-electron chi connectivity index (χ3n) is 2.58. The highest BCUT2D eigenvalue weighted by Gasteiger charge is 2.17. The van der Waals surface area contributed by atoms with Gasteiger partial charge in [0, 0.05) is 30.8 Å². The maximum atomic E-state index is 11.4. The molecule has 1 N–H and O–H groups in total. The van der Waals surface area contributed by atoms with Crippen molar-refractivity contribution >= 4 is 5.97 Å². The highest BCUT2D eigenvalue weighted by atomic mass is 16.5. The van der Waals surface area contributed by atoms with Crippen LogP contribution >= 0.6 is 0 Å². The minimum atomic E-state index is -0.228. The lowest BCUT2D eigenvalue weighted by Gasteiger charge is -2.17. The molecule has 1 aliphatic rings. The number of aromatic nitrogens is 2. The topological polar surface area (TPSA) is 64.1 Å². The van der Waals surface area contributed by atoms with E-state index in [2.05, 4.69) is 15.3 Å². The number of carbonyl (C=O) groups is 1. The molecule has 1 aromatic heterocycles. The van der Waals surface area contributed by atoms with Crippen molar-refractivity contribution in [1.29, 1.82) is 0 Å². The predicted octanol–water partition coefficient (Wildman–Crippen LogP) is 0.228. The van der Waals surface area contributed by atoms with Crippen LogP contribution in [-0.2, 0) is 28.9 Å². The number of nitrogens with zero attached hydrogens (tertiary/aromatic N) is 2. The molecule has 86 valence electrons. The monoisotopic (exact) mass is 221 g/mol. The summed E-state index contributed by atoms with van der Waals surface area (Å²) in [4.78, 5) is 19.8. The summed E-state index contributed by atoms with van der Waals surface area (Å²) >= 11 is 0. The van der Waals surface area contributed by atoms with Gasteiger partial charge in [-0.15, -0.1) is 0 Å². The molecule has 5 nitrogen and oxygen atoms in total. The fraction of sp³-hybridized carbons (Fsp3) is 0.545. The van der Waals surface area contributed by atoms with Crippen molar-refractivity contribution in [3.8, 4) is 0 Å². The van der Waals surface area contributed by atoms with Gasteiger partial charge >= 0.3 is 5.97 Å². The molecule has 0 amide bonds. The fourth-order valence-corrected chi connectivity index (χ4v) is 1.83. The molecular weight excluding hydrogens is 206 g/mol. The predicted molar refractivity (Wildman–Crippen MR) is 57.8 cm³/mol. The van der Waals surface area contributed by atoms with Crippen molar-refractivity contribution in [2.45, 2.75) is 26.3 Å². The zero-order chi connectivity index (χ0) is 11.4. The number of hydrogen-bond acceptors (Lipinski definition) is 5. The van der Waals surface area contributed by atoms with Crippen LogP contribution in [0, 0.1) is 0 Å². The number of hydrogen-bond donors (Lipinski definition) is 1. The molecule has 0 saturated heterocycles. The summed E-state index contributed by atoms with van der Waals surface area (Å²) in [6, 6.07) is 0. The van der Waals surface area contributed by atoms with E-state index in [-0.39, 0.29) is 12.4 Å². The number of fused-ring (bicyclic) bond motifs is 1. The van der Waals surface area contributed by atoms with E-state index < -0.39 is 0 Å². The Morgan fingerprint density at radius 3 is 3.25 bits per heavy atom. The molecule has 2 heterocycles. The molecule has 2 rings (SSSR count). The van der Waals surface area contributed by atoms with Gasteiger partial charge in [-0.3, -0.25) is 4.79 Å². The number of nitrogens with one attached hydrogen (secondary N) is 1. The lowest BCUT2D eigenvalue weighted by molar-refractivity contribution is -0.142. The van der Waals surface area contributed by atoms with Gasteiger partial charge in [-0.05, 0) is 6.92 Å². The van der Waals surface area contributed by atoms with Gasteiger partial charge in [0.05, 0.1) is 18.7 Å². The molecule has 1 aromatic rings. The zero-order valence-electron chi connectivity index (χ0n) is 9.32. The van der Waals surface area contributed by atoms with Gasteiger partial charge in [-0.1, -0.05) is 0 Å². The molecule has 0 fully saturated rings. The van der Waals surface area contributed by atoms with Crippen molar-refractivity contribution in [3.63, 3.8) is 0 Å². The zero-order valence-corrected chi connectivity index (χ0v) is 9.32. The highest BCUT2D eigenvalue weighted by molar-refractivity contribution is 5.72. The first kappa shape index (κ1) is 11.0. The standard InChI is InChI=1S/C11H15N3O2/c1-2-16-11(15)5-10-8-6-12-4-3-9(8)13-7-14-10/h7,12H,2-6H2,1H3. The summed E-state index contributed by atoms with van der Waals surface area (Å²) in [6.45, 7) is 3.88. The number of esters is 1. The average Bonchev–Trinajstić information content (AvgIpc) is 2.30. The quantitative estimate of drug-likeness (QED) is 0.740. The second-order valence-electron chi connectivity index (χ2n) is 3.65. The van der Waals surface area contributed by atoms with E-state index in [1.807, 2.05) is 0 Å². The molecule has 0 unspecified atom stereocenters. The van der Waals surface area contributed by atoms with Crippen LogP contribution in [0.25, 0.3) is 0 Å². The summed E-state index contributed by atoms with van der Waals surface area (Å²) in [5.41, 5.74) is 2.89. The largest absolute Gasteiger partial charge is 0.466 e. The van der Waals surface area contributed by atoms with Crippen molar-refractivity contribution in [2.24, 2.45) is 0 Å². The molecule has 5 heteroatoms. The Labute approximate surface area is 94.2 Å². The SMILES string of the molecule is CCOC(=O)Cc1ncnc2c1CNCC2. The van der Waals surface area contributed by atoms with Gasteiger partial charge in [0.2, 0.25) is 0 Å². The van der Waals surface area contributed by atoms with E-state index in [4.69, 9.17) is 4.74 Å². The van der Waals surface area contributed by atoms with Crippen LogP contribution < -0.4 is 5.32 Å². The third kappa shape index (κ3) is 2.36. The minimum absolute atomic E-state index is 0.228. The molecule has 0 atom stereocenters. The molecule has 0 bridgehead atoms. The van der Waals surface area contributed by atoms with E-state index in [0.29, 0.717) is 6.61 Å². The van der Waals surface area contributed by atoms with Gasteiger partial charge in [0.25, 0.3) is 0 Å². The summed E-state index contributed by atoms with van der Waals surface area (Å²) in [5, 5.41) is 3.25. The third-order valence-corrected chi connectivity index (χ3v) is 2.58. The Bertz CT molecular complexity index is 393. The van der Waals surface area contributed by atoms with Crippen LogP contribution in [0.5, 0.6) is 0 Å². The smallest absolute Gasteiger partial charge is 0.311 e. The van der Waals surface area contributed by atoms with Gasteiger partial charge < -0.3 is 10.1 Å². The second-order valence-corrected chi connectivity index (χ2v) is 3.65. The van der Waals surface area contributed by atoms with Crippen molar-refractivity contribution in [2.75, 3.05) is 13.2 Å². The Balaban J connectivity index is 2.17. The normalized spacial score (nSPS) is 14.3. The molecule has 16 heavy (non-hydrogen) atoms. The van der Waals surface area contributed by atoms with Crippen LogP contribution in [0.3, 0.4) is 0 Å². The van der Waals surface area contributed by atoms with Crippen molar-refractivity contribution in [1.82, 2.24) is 15.3 Å². The van der Waals surface area contributed by atoms with Crippen LogP contribution in [-0.4, -0.2) is 29.1 Å². The molecule has 0 radical (unpaired) electrons. The molecule has 0 spiro atoms. The van der Waals surface area contributed by atoms with Crippen molar-refractivity contribution in [3.05, 3.63) is 23.3 Å². The number of carbonyl (C=O) groups excluding carboxylic acids is 1. The van der Waals surface area contributed by atoms with Gasteiger partial charge in [-0.25, -0.2) is 9.97 Å². The van der Waals surface area contributed by atoms with E-state index in [1.165, 1.54) is 6.33 Å². The molecule has 0 aromatic carbocycles. The molecule has 0 saturated carbocycles. The minimum Gasteiger partial charge on any atom is -0.466 e. The maximum absolute atomic E-state index is 11.4. The van der Waals surface area contributed by atoms with Crippen LogP contribution in [0.1, 0.15) is 23.9 Å².